The molecule has 1 heterocycles. The fourth-order valence-corrected chi connectivity index (χ4v) is 3.34. The Morgan fingerprint density at radius 2 is 2.08 bits per heavy atom. The number of hydrogen-bond acceptors (Lipinski definition) is 4. The maximum absolute atomic E-state index is 12.3. The van der Waals surface area contributed by atoms with Gasteiger partial charge >= 0.3 is 0 Å². The Morgan fingerprint density at radius 1 is 1.33 bits per heavy atom. The van der Waals surface area contributed by atoms with Gasteiger partial charge in [0.15, 0.2) is 0 Å². The highest BCUT2D eigenvalue weighted by molar-refractivity contribution is 7.89. The third-order valence-electron chi connectivity index (χ3n) is 3.49. The maximum atomic E-state index is 12.3. The van der Waals surface area contributed by atoms with E-state index in [1.807, 2.05) is 0 Å². The van der Waals surface area contributed by atoms with E-state index >= 15 is 0 Å². The monoisotopic (exact) mass is 370 g/mol. The number of aryl methyl sites for hydroxylation is 1. The number of hydrogen-bond donors (Lipinski definition) is 1. The molecule has 0 aliphatic carbocycles. The van der Waals surface area contributed by atoms with Gasteiger partial charge in [0, 0.05) is 25.0 Å². The standard InChI is InChI=1S/C16H19ClN2O4S/c1-12-10-15(5-6-16(12)17)24(21,22)18-7-8-19(13(2)20)11-14-4-3-9-23-14/h3-6,9-10,18H,7-8,11H2,1-2H3. The van der Waals surface area contributed by atoms with Gasteiger partial charge in [-0.1, -0.05) is 11.6 Å². The van der Waals surface area contributed by atoms with E-state index in [2.05, 4.69) is 4.72 Å². The molecule has 130 valence electrons. The molecule has 0 bridgehead atoms. The summed E-state index contributed by atoms with van der Waals surface area (Å²) in [5.41, 5.74) is 0.683. The Morgan fingerprint density at radius 3 is 2.67 bits per heavy atom. The Hall–Kier alpha value is -1.83. The van der Waals surface area contributed by atoms with Crippen molar-refractivity contribution in [3.63, 3.8) is 0 Å². The SMILES string of the molecule is CC(=O)N(CCNS(=O)(=O)c1ccc(Cl)c(C)c1)Cc1ccco1. The van der Waals surface area contributed by atoms with E-state index < -0.39 is 10.0 Å². The Labute approximate surface area is 146 Å². The highest BCUT2D eigenvalue weighted by Crippen LogP contribution is 2.19. The summed E-state index contributed by atoms with van der Waals surface area (Å²) in [6.45, 7) is 3.80. The van der Waals surface area contributed by atoms with Gasteiger partial charge in [-0.05, 0) is 42.8 Å². The van der Waals surface area contributed by atoms with Crippen molar-refractivity contribution in [3.8, 4) is 0 Å². The number of furan rings is 1. The van der Waals surface area contributed by atoms with Crippen molar-refractivity contribution in [2.45, 2.75) is 25.3 Å². The van der Waals surface area contributed by atoms with Crippen LogP contribution in [-0.4, -0.2) is 32.3 Å². The molecule has 0 aliphatic rings. The van der Waals surface area contributed by atoms with E-state index in [9.17, 15) is 13.2 Å². The number of carbonyl (C=O) groups is 1. The summed E-state index contributed by atoms with van der Waals surface area (Å²) in [6, 6.07) is 8.00. The lowest BCUT2D eigenvalue weighted by molar-refractivity contribution is -0.129. The van der Waals surface area contributed by atoms with Gasteiger partial charge in [0.2, 0.25) is 15.9 Å². The molecule has 1 N–H and O–H groups in total. The van der Waals surface area contributed by atoms with Gasteiger partial charge in [0.05, 0.1) is 17.7 Å². The summed E-state index contributed by atoms with van der Waals surface area (Å²) in [7, 11) is -3.65. The van der Waals surface area contributed by atoms with E-state index in [-0.39, 0.29) is 23.9 Å². The minimum atomic E-state index is -3.65. The first kappa shape index (κ1) is 18.5. The smallest absolute Gasteiger partial charge is 0.240 e. The van der Waals surface area contributed by atoms with Crippen molar-refractivity contribution >= 4 is 27.5 Å². The van der Waals surface area contributed by atoms with Crippen LogP contribution >= 0.6 is 11.6 Å². The molecule has 0 fully saturated rings. The zero-order valence-electron chi connectivity index (χ0n) is 13.5. The van der Waals surface area contributed by atoms with Gasteiger partial charge in [0.25, 0.3) is 0 Å². The molecule has 1 amide bonds. The number of sulfonamides is 1. The molecule has 0 atom stereocenters. The molecule has 0 spiro atoms. The normalized spacial score (nSPS) is 11.5. The summed E-state index contributed by atoms with van der Waals surface area (Å²) < 4.78 is 32.3. The zero-order chi connectivity index (χ0) is 17.7. The topological polar surface area (TPSA) is 79.6 Å². The van der Waals surface area contributed by atoms with Crippen molar-refractivity contribution < 1.29 is 17.6 Å². The van der Waals surface area contributed by atoms with Crippen molar-refractivity contribution in [2.24, 2.45) is 0 Å². The number of rotatable bonds is 7. The molecule has 8 heteroatoms. The molecule has 2 aromatic rings. The van der Waals surface area contributed by atoms with Crippen LogP contribution in [0.3, 0.4) is 0 Å². The van der Waals surface area contributed by atoms with Crippen LogP contribution in [0.25, 0.3) is 0 Å². The molecule has 1 aromatic heterocycles. The average Bonchev–Trinajstić information content (AvgIpc) is 3.01. The summed E-state index contributed by atoms with van der Waals surface area (Å²) in [5, 5.41) is 0.509. The zero-order valence-corrected chi connectivity index (χ0v) is 15.0. The van der Waals surface area contributed by atoms with Crippen LogP contribution in [0, 0.1) is 6.92 Å². The van der Waals surface area contributed by atoms with E-state index in [0.717, 1.165) is 0 Å². The number of nitrogens with one attached hydrogen (secondary N) is 1. The molecule has 0 radical (unpaired) electrons. The van der Waals surface area contributed by atoms with Gasteiger partial charge in [-0.25, -0.2) is 13.1 Å². The van der Waals surface area contributed by atoms with Gasteiger partial charge < -0.3 is 9.32 Å². The lowest BCUT2D eigenvalue weighted by Crippen LogP contribution is -2.37. The number of nitrogens with zero attached hydrogens (tertiary/aromatic N) is 1. The van der Waals surface area contributed by atoms with Gasteiger partial charge in [-0.15, -0.1) is 0 Å². The fraction of sp³-hybridized carbons (Fsp3) is 0.312. The Bertz CT molecular complexity index is 803. The van der Waals surface area contributed by atoms with E-state index in [1.54, 1.807) is 25.1 Å². The third kappa shape index (κ3) is 4.83. The summed E-state index contributed by atoms with van der Waals surface area (Å²) >= 11 is 5.91. The molecular weight excluding hydrogens is 352 g/mol. The first-order valence-electron chi connectivity index (χ1n) is 7.33. The molecule has 6 nitrogen and oxygen atoms in total. The Balaban J connectivity index is 1.97. The molecular formula is C16H19ClN2O4S. The van der Waals surface area contributed by atoms with Crippen LogP contribution in [0.4, 0.5) is 0 Å². The van der Waals surface area contributed by atoms with Crippen molar-refractivity contribution in [1.29, 1.82) is 0 Å². The Kier molecular flexibility index (Phi) is 6.04. The summed E-state index contributed by atoms with van der Waals surface area (Å²) in [4.78, 5) is 13.3. The second kappa shape index (κ2) is 7.83. The third-order valence-corrected chi connectivity index (χ3v) is 5.37. The summed E-state index contributed by atoms with van der Waals surface area (Å²) in [6.07, 6.45) is 1.53. The van der Waals surface area contributed by atoms with Crippen molar-refractivity contribution in [2.75, 3.05) is 13.1 Å². The maximum Gasteiger partial charge on any atom is 0.240 e. The summed E-state index contributed by atoms with van der Waals surface area (Å²) in [5.74, 6) is 0.481. The van der Waals surface area contributed by atoms with Crippen molar-refractivity contribution in [1.82, 2.24) is 9.62 Å². The number of carbonyl (C=O) groups excluding carboxylic acids is 1. The van der Waals surface area contributed by atoms with Crippen LogP contribution < -0.4 is 4.72 Å². The molecule has 0 saturated carbocycles. The quantitative estimate of drug-likeness (QED) is 0.812. The molecule has 0 saturated heterocycles. The van der Waals surface area contributed by atoms with Crippen LogP contribution in [0.2, 0.25) is 5.02 Å². The largest absolute Gasteiger partial charge is 0.467 e. The lowest BCUT2D eigenvalue weighted by atomic mass is 10.2. The van der Waals surface area contributed by atoms with Gasteiger partial charge in [-0.3, -0.25) is 4.79 Å². The number of benzene rings is 1. The molecule has 24 heavy (non-hydrogen) atoms. The second-order valence-electron chi connectivity index (χ2n) is 5.33. The van der Waals surface area contributed by atoms with Gasteiger partial charge in [0.1, 0.15) is 5.76 Å². The number of halogens is 1. The average molecular weight is 371 g/mol. The minimum absolute atomic E-state index is 0.101. The van der Waals surface area contributed by atoms with Crippen LogP contribution in [0.5, 0.6) is 0 Å². The second-order valence-corrected chi connectivity index (χ2v) is 7.50. The van der Waals surface area contributed by atoms with Crippen LogP contribution in [0.1, 0.15) is 18.2 Å². The van der Waals surface area contributed by atoms with Crippen molar-refractivity contribution in [3.05, 3.63) is 52.9 Å². The first-order valence-corrected chi connectivity index (χ1v) is 9.19. The molecule has 1 aromatic carbocycles. The highest BCUT2D eigenvalue weighted by Gasteiger charge is 2.16. The molecule has 0 aliphatic heterocycles. The van der Waals surface area contributed by atoms with E-state index in [0.29, 0.717) is 22.9 Å². The number of amides is 1. The fourth-order valence-electron chi connectivity index (χ4n) is 2.12. The first-order chi connectivity index (χ1) is 11.3. The highest BCUT2D eigenvalue weighted by atomic mass is 35.5. The predicted molar refractivity (Wildman–Crippen MR) is 91.2 cm³/mol. The lowest BCUT2D eigenvalue weighted by Gasteiger charge is -2.20. The molecule has 0 unspecified atom stereocenters. The molecule has 2 rings (SSSR count). The predicted octanol–water partition coefficient (Wildman–Crippen LogP) is 2.57. The van der Waals surface area contributed by atoms with Gasteiger partial charge in [-0.2, -0.15) is 0 Å². The minimum Gasteiger partial charge on any atom is -0.467 e. The van der Waals surface area contributed by atoms with E-state index in [4.69, 9.17) is 16.0 Å². The van der Waals surface area contributed by atoms with Crippen LogP contribution in [-0.2, 0) is 21.4 Å². The van der Waals surface area contributed by atoms with E-state index in [1.165, 1.54) is 30.2 Å². The van der Waals surface area contributed by atoms with Crippen LogP contribution in [0.15, 0.2) is 45.9 Å².